The van der Waals surface area contributed by atoms with Gasteiger partial charge in [-0.25, -0.2) is 0 Å². The van der Waals surface area contributed by atoms with Crippen LogP contribution in [0.1, 0.15) is 27.1 Å². The van der Waals surface area contributed by atoms with Crippen LogP contribution in [0.3, 0.4) is 0 Å². The molecule has 18 heavy (non-hydrogen) atoms. The van der Waals surface area contributed by atoms with Crippen molar-refractivity contribution in [3.63, 3.8) is 0 Å². The van der Waals surface area contributed by atoms with Crippen LogP contribution in [0, 0.1) is 13.8 Å². The fourth-order valence-electron chi connectivity index (χ4n) is 2.09. The van der Waals surface area contributed by atoms with Gasteiger partial charge in [0.2, 0.25) is 0 Å². The molecule has 0 bridgehead atoms. The van der Waals surface area contributed by atoms with E-state index >= 15 is 0 Å². The normalized spacial score (nSPS) is 12.4. The summed E-state index contributed by atoms with van der Waals surface area (Å²) in [6.07, 6.45) is 1.00. The van der Waals surface area contributed by atoms with E-state index in [4.69, 9.17) is 0 Å². The summed E-state index contributed by atoms with van der Waals surface area (Å²) in [6.45, 7) is 4.36. The molecule has 0 spiro atoms. The zero-order valence-corrected chi connectivity index (χ0v) is 13.8. The topological polar surface area (TPSA) is 0 Å². The van der Waals surface area contributed by atoms with Crippen LogP contribution in [-0.4, -0.2) is 0 Å². The highest BCUT2D eigenvalue weighted by atomic mass is 79.9. The van der Waals surface area contributed by atoms with Crippen LogP contribution >= 0.6 is 31.9 Å². The van der Waals surface area contributed by atoms with Gasteiger partial charge >= 0.3 is 0 Å². The predicted octanol–water partition coefficient (Wildman–Crippen LogP) is 5.74. The van der Waals surface area contributed by atoms with E-state index < -0.39 is 0 Å². The van der Waals surface area contributed by atoms with Gasteiger partial charge in [-0.05, 0) is 54.7 Å². The highest BCUT2D eigenvalue weighted by Crippen LogP contribution is 2.31. The molecular formula is C16H16Br2. The summed E-state index contributed by atoms with van der Waals surface area (Å²) >= 11 is 7.34. The molecule has 0 aliphatic heterocycles. The molecule has 0 saturated heterocycles. The zero-order chi connectivity index (χ0) is 13.1. The summed E-state index contributed by atoms with van der Waals surface area (Å²) in [5, 5.41) is 0. The van der Waals surface area contributed by atoms with E-state index in [1.165, 1.54) is 22.3 Å². The fraction of sp³-hybridized carbons (Fsp3) is 0.250. The summed E-state index contributed by atoms with van der Waals surface area (Å²) in [5.41, 5.74) is 5.46. The van der Waals surface area contributed by atoms with Gasteiger partial charge in [0.05, 0.1) is 0 Å². The molecule has 0 aromatic heterocycles. The fourth-order valence-corrected chi connectivity index (χ4v) is 3.41. The van der Waals surface area contributed by atoms with Crippen LogP contribution in [0.2, 0.25) is 0 Å². The van der Waals surface area contributed by atoms with E-state index in [1.807, 2.05) is 0 Å². The summed E-state index contributed by atoms with van der Waals surface area (Å²) < 4.78 is 1.14. The molecule has 0 nitrogen and oxygen atoms in total. The Balaban J connectivity index is 2.22. The van der Waals surface area contributed by atoms with Crippen LogP contribution in [0.5, 0.6) is 0 Å². The summed E-state index contributed by atoms with van der Waals surface area (Å²) in [4.78, 5) is 0.367. The highest BCUT2D eigenvalue weighted by Gasteiger charge is 2.12. The van der Waals surface area contributed by atoms with E-state index in [1.54, 1.807) is 0 Å². The molecule has 0 fully saturated rings. The predicted molar refractivity (Wildman–Crippen MR) is 85.4 cm³/mol. The lowest BCUT2D eigenvalue weighted by atomic mass is 9.97. The Hall–Kier alpha value is -0.600. The molecule has 2 aromatic rings. The molecule has 0 heterocycles. The van der Waals surface area contributed by atoms with Gasteiger partial charge < -0.3 is 0 Å². The molecule has 94 valence electrons. The maximum absolute atomic E-state index is 3.82. The van der Waals surface area contributed by atoms with Crippen LogP contribution in [0.4, 0.5) is 0 Å². The Kier molecular flexibility index (Phi) is 4.63. The van der Waals surface area contributed by atoms with Crippen LogP contribution in [-0.2, 0) is 6.42 Å². The summed E-state index contributed by atoms with van der Waals surface area (Å²) in [7, 11) is 0. The van der Waals surface area contributed by atoms with Gasteiger partial charge in [-0.2, -0.15) is 0 Å². The third kappa shape index (κ3) is 3.24. The van der Waals surface area contributed by atoms with E-state index in [-0.39, 0.29) is 0 Å². The van der Waals surface area contributed by atoms with Crippen molar-refractivity contribution >= 4 is 31.9 Å². The molecule has 0 radical (unpaired) electrons. The molecule has 1 atom stereocenters. The van der Waals surface area contributed by atoms with Gasteiger partial charge in [0.25, 0.3) is 0 Å². The Labute approximate surface area is 126 Å². The van der Waals surface area contributed by atoms with E-state index in [0.29, 0.717) is 4.83 Å². The van der Waals surface area contributed by atoms with Crippen molar-refractivity contribution in [2.24, 2.45) is 0 Å². The molecule has 0 aliphatic carbocycles. The first-order chi connectivity index (χ1) is 8.58. The van der Waals surface area contributed by atoms with Crippen molar-refractivity contribution in [2.75, 3.05) is 0 Å². The molecular weight excluding hydrogens is 352 g/mol. The van der Waals surface area contributed by atoms with Gasteiger partial charge in [0.1, 0.15) is 0 Å². The first kappa shape index (κ1) is 13.8. The van der Waals surface area contributed by atoms with Gasteiger partial charge in [-0.15, -0.1) is 0 Å². The molecule has 0 saturated carbocycles. The van der Waals surface area contributed by atoms with Gasteiger partial charge in [0, 0.05) is 9.30 Å². The molecule has 2 heteroatoms. The minimum absolute atomic E-state index is 0.367. The van der Waals surface area contributed by atoms with Crippen molar-refractivity contribution < 1.29 is 0 Å². The summed E-state index contributed by atoms with van der Waals surface area (Å²) in [6, 6.07) is 15.0. The van der Waals surface area contributed by atoms with Crippen molar-refractivity contribution in [1.82, 2.24) is 0 Å². The van der Waals surface area contributed by atoms with Crippen molar-refractivity contribution in [2.45, 2.75) is 25.1 Å². The number of hydrogen-bond donors (Lipinski definition) is 0. The van der Waals surface area contributed by atoms with Crippen LogP contribution in [0.15, 0.2) is 46.9 Å². The minimum atomic E-state index is 0.367. The molecule has 2 aromatic carbocycles. The third-order valence-corrected chi connectivity index (χ3v) is 4.60. The molecule has 1 unspecified atom stereocenters. The second kappa shape index (κ2) is 6.03. The molecule has 2 rings (SSSR count). The standard InChI is InChI=1S/C16H16Br2/c1-11-5-3-8-15(12(11)2)16(18)10-13-6-4-7-14(17)9-13/h3-9,16H,10H2,1-2H3. The number of rotatable bonds is 3. The number of benzene rings is 2. The number of alkyl halides is 1. The highest BCUT2D eigenvalue weighted by molar-refractivity contribution is 9.10. The largest absolute Gasteiger partial charge is 0.0835 e. The maximum atomic E-state index is 3.82. The SMILES string of the molecule is Cc1cccc(C(Br)Cc2cccc(Br)c2)c1C. The van der Waals surface area contributed by atoms with E-state index in [9.17, 15) is 0 Å². The minimum Gasteiger partial charge on any atom is -0.0835 e. The number of halogens is 2. The average Bonchev–Trinajstić information content (AvgIpc) is 2.32. The second-order valence-corrected chi connectivity index (χ2v) is 6.61. The lowest BCUT2D eigenvalue weighted by molar-refractivity contribution is 0.934. The Morgan fingerprint density at radius 1 is 1.06 bits per heavy atom. The van der Waals surface area contributed by atoms with Gasteiger partial charge in [0.15, 0.2) is 0 Å². The molecule has 0 amide bonds. The van der Waals surface area contributed by atoms with Crippen LogP contribution in [0.25, 0.3) is 0 Å². The Morgan fingerprint density at radius 3 is 2.50 bits per heavy atom. The van der Waals surface area contributed by atoms with Gasteiger partial charge in [-0.1, -0.05) is 62.2 Å². The number of hydrogen-bond acceptors (Lipinski definition) is 0. The lowest BCUT2D eigenvalue weighted by Crippen LogP contribution is -1.99. The summed E-state index contributed by atoms with van der Waals surface area (Å²) in [5.74, 6) is 0. The quantitative estimate of drug-likeness (QED) is 0.606. The first-order valence-corrected chi connectivity index (χ1v) is 7.73. The molecule has 0 N–H and O–H groups in total. The van der Waals surface area contributed by atoms with E-state index in [0.717, 1.165) is 10.9 Å². The Bertz CT molecular complexity index is 547. The average molecular weight is 368 g/mol. The van der Waals surface area contributed by atoms with E-state index in [2.05, 4.69) is 88.2 Å². The third-order valence-electron chi connectivity index (χ3n) is 3.29. The first-order valence-electron chi connectivity index (χ1n) is 6.02. The van der Waals surface area contributed by atoms with Crippen molar-refractivity contribution in [1.29, 1.82) is 0 Å². The second-order valence-electron chi connectivity index (χ2n) is 4.59. The number of aryl methyl sites for hydroxylation is 1. The Morgan fingerprint density at radius 2 is 1.78 bits per heavy atom. The van der Waals surface area contributed by atoms with Crippen molar-refractivity contribution in [3.8, 4) is 0 Å². The smallest absolute Gasteiger partial charge is 0.0438 e. The lowest BCUT2D eigenvalue weighted by Gasteiger charge is -2.15. The molecule has 0 aliphatic rings. The zero-order valence-electron chi connectivity index (χ0n) is 10.6. The van der Waals surface area contributed by atoms with Crippen molar-refractivity contribution in [3.05, 3.63) is 69.2 Å². The maximum Gasteiger partial charge on any atom is 0.0438 e. The van der Waals surface area contributed by atoms with Gasteiger partial charge in [-0.3, -0.25) is 0 Å². The van der Waals surface area contributed by atoms with Crippen LogP contribution < -0.4 is 0 Å². The monoisotopic (exact) mass is 366 g/mol.